The molecule has 1 saturated carbocycles. The van der Waals surface area contributed by atoms with E-state index in [1.54, 1.807) is 6.08 Å². The van der Waals surface area contributed by atoms with E-state index in [4.69, 9.17) is 5.73 Å². The van der Waals surface area contributed by atoms with Crippen LogP contribution < -0.4 is 11.1 Å². The van der Waals surface area contributed by atoms with Crippen LogP contribution in [0.3, 0.4) is 0 Å². The zero-order valence-electron chi connectivity index (χ0n) is 5.84. The zero-order valence-corrected chi connectivity index (χ0v) is 5.84. The number of nitrogens with two attached hydrogens (primary N) is 1. The molecule has 1 amide bonds. The first kappa shape index (κ1) is 7.28. The molecule has 3 heteroatoms. The summed E-state index contributed by atoms with van der Waals surface area (Å²) in [5.41, 5.74) is 5.45. The van der Waals surface area contributed by atoms with Gasteiger partial charge in [-0.05, 0) is 6.42 Å². The summed E-state index contributed by atoms with van der Waals surface area (Å²) < 4.78 is 0. The minimum absolute atomic E-state index is 0.0624. The molecule has 0 heterocycles. The largest absolute Gasteiger partial charge is 0.352 e. The standard InChI is InChI=1S/C7H12N2O/c1-2-3-9-7(10)5-4-6(5)8/h2,5-6H,1,3-4,8H2,(H,9,10). The van der Waals surface area contributed by atoms with E-state index < -0.39 is 0 Å². The third kappa shape index (κ3) is 1.57. The van der Waals surface area contributed by atoms with Crippen LogP contribution in [0.25, 0.3) is 0 Å². The Hall–Kier alpha value is -0.830. The molecule has 2 atom stereocenters. The van der Waals surface area contributed by atoms with E-state index in [1.807, 2.05) is 0 Å². The van der Waals surface area contributed by atoms with Gasteiger partial charge >= 0.3 is 0 Å². The molecule has 0 spiro atoms. The Morgan fingerprint density at radius 3 is 2.90 bits per heavy atom. The average molecular weight is 140 g/mol. The van der Waals surface area contributed by atoms with Gasteiger partial charge in [0.15, 0.2) is 0 Å². The van der Waals surface area contributed by atoms with E-state index in [1.165, 1.54) is 0 Å². The van der Waals surface area contributed by atoms with Crippen LogP contribution in [0.1, 0.15) is 6.42 Å². The molecule has 56 valence electrons. The minimum Gasteiger partial charge on any atom is -0.352 e. The Kier molecular flexibility index (Phi) is 2.06. The molecule has 0 bridgehead atoms. The molecule has 1 rings (SSSR count). The lowest BCUT2D eigenvalue weighted by molar-refractivity contribution is -0.122. The summed E-state index contributed by atoms with van der Waals surface area (Å²) in [7, 11) is 0. The smallest absolute Gasteiger partial charge is 0.224 e. The summed E-state index contributed by atoms with van der Waals surface area (Å²) >= 11 is 0. The first-order valence-corrected chi connectivity index (χ1v) is 3.40. The maximum absolute atomic E-state index is 10.9. The predicted molar refractivity (Wildman–Crippen MR) is 39.3 cm³/mol. The third-order valence-corrected chi connectivity index (χ3v) is 1.60. The lowest BCUT2D eigenvalue weighted by atomic mass is 10.4. The lowest BCUT2D eigenvalue weighted by Crippen LogP contribution is -2.27. The van der Waals surface area contributed by atoms with Crippen LogP contribution >= 0.6 is 0 Å². The number of rotatable bonds is 3. The van der Waals surface area contributed by atoms with Gasteiger partial charge in [-0.3, -0.25) is 4.79 Å². The monoisotopic (exact) mass is 140 g/mol. The molecule has 1 fully saturated rings. The summed E-state index contributed by atoms with van der Waals surface area (Å²) in [6.07, 6.45) is 2.49. The van der Waals surface area contributed by atoms with Gasteiger partial charge in [0.1, 0.15) is 0 Å². The first-order valence-electron chi connectivity index (χ1n) is 3.40. The summed E-state index contributed by atoms with van der Waals surface area (Å²) in [5.74, 6) is 0.132. The second kappa shape index (κ2) is 2.84. The molecule has 0 aromatic rings. The van der Waals surface area contributed by atoms with E-state index in [2.05, 4.69) is 11.9 Å². The zero-order chi connectivity index (χ0) is 7.56. The first-order chi connectivity index (χ1) is 4.75. The van der Waals surface area contributed by atoms with Crippen LogP contribution in [-0.4, -0.2) is 18.5 Å². The maximum Gasteiger partial charge on any atom is 0.224 e. The van der Waals surface area contributed by atoms with Gasteiger partial charge < -0.3 is 11.1 Å². The lowest BCUT2D eigenvalue weighted by Gasteiger charge is -1.97. The molecule has 10 heavy (non-hydrogen) atoms. The fourth-order valence-electron chi connectivity index (χ4n) is 0.820. The van der Waals surface area contributed by atoms with E-state index in [-0.39, 0.29) is 17.9 Å². The Morgan fingerprint density at radius 2 is 2.50 bits per heavy atom. The molecule has 0 aromatic heterocycles. The highest BCUT2D eigenvalue weighted by Crippen LogP contribution is 2.27. The van der Waals surface area contributed by atoms with Gasteiger partial charge in [-0.2, -0.15) is 0 Å². The van der Waals surface area contributed by atoms with E-state index >= 15 is 0 Å². The van der Waals surface area contributed by atoms with Crippen LogP contribution in [-0.2, 0) is 4.79 Å². The third-order valence-electron chi connectivity index (χ3n) is 1.60. The molecule has 0 radical (unpaired) electrons. The van der Waals surface area contributed by atoms with E-state index in [0.717, 1.165) is 6.42 Å². The van der Waals surface area contributed by atoms with Gasteiger partial charge in [0, 0.05) is 12.6 Å². The average Bonchev–Trinajstić information content (AvgIpc) is 2.62. The van der Waals surface area contributed by atoms with Gasteiger partial charge in [0.25, 0.3) is 0 Å². The Morgan fingerprint density at radius 1 is 1.90 bits per heavy atom. The molecule has 2 unspecified atom stereocenters. The van der Waals surface area contributed by atoms with Crippen LogP contribution in [0, 0.1) is 5.92 Å². The van der Waals surface area contributed by atoms with Gasteiger partial charge in [-0.25, -0.2) is 0 Å². The fraction of sp³-hybridized carbons (Fsp3) is 0.571. The second-order valence-electron chi connectivity index (χ2n) is 2.54. The SMILES string of the molecule is C=CCNC(=O)C1CC1N. The highest BCUT2D eigenvalue weighted by molar-refractivity contribution is 5.82. The predicted octanol–water partition coefficient (Wildman–Crippen LogP) is -0.364. The van der Waals surface area contributed by atoms with Crippen LogP contribution in [0.2, 0.25) is 0 Å². The molecule has 3 nitrogen and oxygen atoms in total. The molecule has 1 aliphatic rings. The molecular weight excluding hydrogens is 128 g/mol. The van der Waals surface area contributed by atoms with Gasteiger partial charge in [-0.15, -0.1) is 6.58 Å². The number of carbonyl (C=O) groups is 1. The van der Waals surface area contributed by atoms with Crippen molar-refractivity contribution < 1.29 is 4.79 Å². The van der Waals surface area contributed by atoms with Crippen molar-refractivity contribution >= 4 is 5.91 Å². The normalized spacial score (nSPS) is 29.3. The Labute approximate surface area is 60.3 Å². The van der Waals surface area contributed by atoms with Crippen molar-refractivity contribution in [2.75, 3.05) is 6.54 Å². The molecule has 1 aliphatic carbocycles. The Balaban J connectivity index is 2.16. The summed E-state index contributed by atoms with van der Waals surface area (Å²) in [4.78, 5) is 10.9. The van der Waals surface area contributed by atoms with E-state index in [0.29, 0.717) is 6.54 Å². The van der Waals surface area contributed by atoms with Gasteiger partial charge in [0.2, 0.25) is 5.91 Å². The maximum atomic E-state index is 10.9. The molecule has 0 aliphatic heterocycles. The van der Waals surface area contributed by atoms with Crippen molar-refractivity contribution in [1.29, 1.82) is 0 Å². The summed E-state index contributed by atoms with van der Waals surface area (Å²) in [6, 6.07) is 0.102. The van der Waals surface area contributed by atoms with Crippen LogP contribution in [0.5, 0.6) is 0 Å². The van der Waals surface area contributed by atoms with Gasteiger partial charge in [0.05, 0.1) is 5.92 Å². The van der Waals surface area contributed by atoms with Crippen molar-refractivity contribution in [3.63, 3.8) is 0 Å². The van der Waals surface area contributed by atoms with Crippen molar-refractivity contribution in [3.05, 3.63) is 12.7 Å². The van der Waals surface area contributed by atoms with E-state index in [9.17, 15) is 4.79 Å². The highest BCUT2D eigenvalue weighted by Gasteiger charge is 2.39. The number of hydrogen-bond acceptors (Lipinski definition) is 2. The summed E-state index contributed by atoms with van der Waals surface area (Å²) in [6.45, 7) is 4.03. The Bertz CT molecular complexity index is 156. The number of amides is 1. The molecule has 3 N–H and O–H groups in total. The number of carbonyl (C=O) groups excluding carboxylic acids is 1. The molecular formula is C7H12N2O. The van der Waals surface area contributed by atoms with Crippen LogP contribution in [0.15, 0.2) is 12.7 Å². The van der Waals surface area contributed by atoms with Crippen molar-refractivity contribution in [2.24, 2.45) is 11.7 Å². The molecule has 0 saturated heterocycles. The number of hydrogen-bond donors (Lipinski definition) is 2. The van der Waals surface area contributed by atoms with Gasteiger partial charge in [-0.1, -0.05) is 6.08 Å². The van der Waals surface area contributed by atoms with Crippen LogP contribution in [0.4, 0.5) is 0 Å². The summed E-state index contributed by atoms with van der Waals surface area (Å²) in [5, 5.41) is 2.69. The quantitative estimate of drug-likeness (QED) is 0.526. The van der Waals surface area contributed by atoms with Crippen molar-refractivity contribution in [2.45, 2.75) is 12.5 Å². The second-order valence-corrected chi connectivity index (χ2v) is 2.54. The molecule has 0 aromatic carbocycles. The van der Waals surface area contributed by atoms with Crippen molar-refractivity contribution in [3.8, 4) is 0 Å². The minimum atomic E-state index is 0.0624. The number of nitrogens with one attached hydrogen (secondary N) is 1. The van der Waals surface area contributed by atoms with Crippen molar-refractivity contribution in [1.82, 2.24) is 5.32 Å². The highest BCUT2D eigenvalue weighted by atomic mass is 16.2. The fourth-order valence-corrected chi connectivity index (χ4v) is 0.820. The topological polar surface area (TPSA) is 55.1 Å².